The fourth-order valence-electron chi connectivity index (χ4n) is 0.874. The van der Waals surface area contributed by atoms with Crippen molar-refractivity contribution < 1.29 is 64.7 Å². The first-order valence-corrected chi connectivity index (χ1v) is 3.27. The first-order valence-electron chi connectivity index (χ1n) is 3.27. The number of hydrogen-bond acceptors (Lipinski definition) is 6. The fraction of sp³-hybridized carbons (Fsp3) is 0.667. The summed E-state index contributed by atoms with van der Waals surface area (Å²) < 4.78 is 4.23. The SMILES string of the molecule is O.O=C1OC(C(O)CO)C(=O)C1[O-].[Na+]. The summed E-state index contributed by atoms with van der Waals surface area (Å²) in [6.45, 7) is -0.726. The Kier molecular flexibility index (Phi) is 7.57. The van der Waals surface area contributed by atoms with Crippen molar-refractivity contribution in [2.24, 2.45) is 0 Å². The third kappa shape index (κ3) is 2.99. The maximum atomic E-state index is 10.8. The molecule has 7 nitrogen and oxygen atoms in total. The van der Waals surface area contributed by atoms with Gasteiger partial charge < -0.3 is 25.5 Å². The minimum absolute atomic E-state index is 0. The Morgan fingerprint density at radius 2 is 2.00 bits per heavy atom. The second-order valence-corrected chi connectivity index (χ2v) is 2.39. The molecular formula is C6H9NaO7. The summed E-state index contributed by atoms with van der Waals surface area (Å²) in [5.41, 5.74) is 0. The van der Waals surface area contributed by atoms with Gasteiger partial charge in [-0.25, -0.2) is 0 Å². The van der Waals surface area contributed by atoms with E-state index in [4.69, 9.17) is 10.2 Å². The molecule has 0 aromatic rings. The van der Waals surface area contributed by atoms with Crippen molar-refractivity contribution in [1.29, 1.82) is 0 Å². The zero-order chi connectivity index (χ0) is 9.30. The van der Waals surface area contributed by atoms with Gasteiger partial charge in [-0.2, -0.15) is 0 Å². The van der Waals surface area contributed by atoms with Crippen molar-refractivity contribution in [1.82, 2.24) is 0 Å². The van der Waals surface area contributed by atoms with Crippen LogP contribution in [0.5, 0.6) is 0 Å². The summed E-state index contributed by atoms with van der Waals surface area (Å²) >= 11 is 0. The summed E-state index contributed by atoms with van der Waals surface area (Å²) in [7, 11) is 0. The van der Waals surface area contributed by atoms with Crippen LogP contribution >= 0.6 is 0 Å². The zero-order valence-corrected chi connectivity index (χ0v) is 9.47. The van der Waals surface area contributed by atoms with Crippen LogP contribution in [-0.2, 0) is 14.3 Å². The molecule has 0 bridgehead atoms. The van der Waals surface area contributed by atoms with Crippen LogP contribution in [0.3, 0.4) is 0 Å². The normalized spacial score (nSPS) is 27.4. The van der Waals surface area contributed by atoms with E-state index in [0.29, 0.717) is 0 Å². The molecule has 0 aliphatic carbocycles. The molecule has 0 radical (unpaired) electrons. The molecule has 8 heteroatoms. The molecule has 1 fully saturated rings. The topological polar surface area (TPSA) is 138 Å². The number of Topliss-reactive ketones (excluding diaryl/α,β-unsaturated/α-hetero) is 1. The number of carbonyl (C=O) groups is 2. The van der Waals surface area contributed by atoms with Gasteiger partial charge in [0.05, 0.1) is 6.61 Å². The molecule has 0 saturated carbocycles. The predicted molar refractivity (Wildman–Crippen MR) is 35.4 cm³/mol. The number of ether oxygens (including phenoxy) is 1. The molecule has 3 unspecified atom stereocenters. The number of hydrogen-bond donors (Lipinski definition) is 2. The average Bonchev–Trinajstić information content (AvgIpc) is 2.32. The van der Waals surface area contributed by atoms with Crippen LogP contribution in [0.4, 0.5) is 0 Å². The molecule has 0 spiro atoms. The molecule has 1 saturated heterocycles. The maximum Gasteiger partial charge on any atom is 1.00 e. The van der Waals surface area contributed by atoms with E-state index in [9.17, 15) is 14.7 Å². The molecule has 1 heterocycles. The summed E-state index contributed by atoms with van der Waals surface area (Å²) in [5.74, 6) is -2.22. The van der Waals surface area contributed by atoms with Crippen LogP contribution in [0.15, 0.2) is 0 Å². The molecule has 76 valence electrons. The van der Waals surface area contributed by atoms with Crippen LogP contribution in [0, 0.1) is 0 Å². The quantitative estimate of drug-likeness (QED) is 0.267. The van der Waals surface area contributed by atoms with Crippen LogP contribution in [0.25, 0.3) is 0 Å². The van der Waals surface area contributed by atoms with Crippen molar-refractivity contribution in [3.8, 4) is 0 Å². The van der Waals surface area contributed by atoms with E-state index in [1.165, 1.54) is 0 Å². The third-order valence-electron chi connectivity index (χ3n) is 1.53. The average molecular weight is 216 g/mol. The van der Waals surface area contributed by atoms with Gasteiger partial charge in [0.15, 0.2) is 11.9 Å². The Morgan fingerprint density at radius 1 is 1.50 bits per heavy atom. The predicted octanol–water partition coefficient (Wildman–Crippen LogP) is -7.26. The van der Waals surface area contributed by atoms with Gasteiger partial charge >= 0.3 is 35.5 Å². The van der Waals surface area contributed by atoms with E-state index in [1.54, 1.807) is 0 Å². The number of esters is 1. The first kappa shape index (κ1) is 16.4. The minimum Gasteiger partial charge on any atom is -0.838 e. The van der Waals surface area contributed by atoms with Crippen molar-refractivity contribution >= 4 is 11.8 Å². The van der Waals surface area contributed by atoms with E-state index >= 15 is 0 Å². The molecule has 1 rings (SSSR count). The van der Waals surface area contributed by atoms with E-state index in [2.05, 4.69) is 4.74 Å². The molecule has 1 aliphatic rings. The molecule has 3 atom stereocenters. The number of ketones is 1. The monoisotopic (exact) mass is 216 g/mol. The van der Waals surface area contributed by atoms with Crippen LogP contribution < -0.4 is 34.7 Å². The Hall–Kier alpha value is -0.0200. The second kappa shape index (κ2) is 6.46. The number of rotatable bonds is 2. The number of aliphatic hydroxyl groups excluding tert-OH is 2. The van der Waals surface area contributed by atoms with Gasteiger partial charge in [0.25, 0.3) is 0 Å². The van der Waals surface area contributed by atoms with Crippen molar-refractivity contribution in [2.45, 2.75) is 18.3 Å². The van der Waals surface area contributed by atoms with Crippen molar-refractivity contribution in [3.05, 3.63) is 0 Å². The smallest absolute Gasteiger partial charge is 0.838 e. The Morgan fingerprint density at radius 3 is 2.29 bits per heavy atom. The number of aliphatic hydroxyl groups is 2. The number of cyclic esters (lactones) is 1. The van der Waals surface area contributed by atoms with E-state index in [1.807, 2.05) is 0 Å². The molecule has 0 aromatic carbocycles. The molecule has 14 heavy (non-hydrogen) atoms. The second-order valence-electron chi connectivity index (χ2n) is 2.39. The van der Waals surface area contributed by atoms with Crippen molar-refractivity contribution in [3.63, 3.8) is 0 Å². The summed E-state index contributed by atoms with van der Waals surface area (Å²) in [4.78, 5) is 21.3. The van der Waals surface area contributed by atoms with E-state index < -0.39 is 36.7 Å². The van der Waals surface area contributed by atoms with E-state index in [0.717, 1.165) is 0 Å². The van der Waals surface area contributed by atoms with Gasteiger partial charge in [0.2, 0.25) is 0 Å². The molecule has 0 aromatic heterocycles. The summed E-state index contributed by atoms with van der Waals surface area (Å²) in [6.07, 6.45) is -5.07. The summed E-state index contributed by atoms with van der Waals surface area (Å²) in [6, 6.07) is 0. The van der Waals surface area contributed by atoms with Gasteiger partial charge in [0, 0.05) is 6.10 Å². The van der Waals surface area contributed by atoms with Gasteiger partial charge in [-0.1, -0.05) is 0 Å². The van der Waals surface area contributed by atoms with Gasteiger partial charge in [-0.05, 0) is 0 Å². The standard InChI is InChI=1S/C6H7O6.Na.H2O/c7-1-2(8)5-3(9)4(10)6(11)12-5;;/h2,4-5,7-8H,1H2;;1H2/q-1;+1;. The Bertz CT molecular complexity index is 218. The van der Waals surface area contributed by atoms with Gasteiger partial charge in [0.1, 0.15) is 6.10 Å². The summed E-state index contributed by atoms with van der Waals surface area (Å²) in [5, 5.41) is 27.9. The minimum atomic E-state index is -2.07. The van der Waals surface area contributed by atoms with E-state index in [-0.39, 0.29) is 35.0 Å². The third-order valence-corrected chi connectivity index (χ3v) is 1.53. The number of carbonyl (C=O) groups excluding carboxylic acids is 2. The Balaban J connectivity index is 0. The fourth-order valence-corrected chi connectivity index (χ4v) is 0.874. The van der Waals surface area contributed by atoms with Crippen LogP contribution in [0.2, 0.25) is 0 Å². The molecule has 4 N–H and O–H groups in total. The van der Waals surface area contributed by atoms with Crippen LogP contribution in [0.1, 0.15) is 0 Å². The van der Waals surface area contributed by atoms with Gasteiger partial charge in [-0.3, -0.25) is 9.59 Å². The maximum absolute atomic E-state index is 10.8. The first-order chi connectivity index (χ1) is 5.57. The van der Waals surface area contributed by atoms with Gasteiger partial charge in [-0.15, -0.1) is 0 Å². The van der Waals surface area contributed by atoms with Crippen LogP contribution in [-0.4, -0.2) is 52.4 Å². The molecular weight excluding hydrogens is 207 g/mol. The largest absolute Gasteiger partial charge is 1.00 e. The van der Waals surface area contributed by atoms with Crippen molar-refractivity contribution in [2.75, 3.05) is 6.61 Å². The zero-order valence-electron chi connectivity index (χ0n) is 7.47. The Labute approximate surface area is 101 Å². The molecule has 0 amide bonds. The molecule has 1 aliphatic heterocycles.